The van der Waals surface area contributed by atoms with Gasteiger partial charge in [0.25, 0.3) is 0 Å². The summed E-state index contributed by atoms with van der Waals surface area (Å²) in [5.41, 5.74) is 0. The molecule has 0 aromatic carbocycles. The van der Waals surface area contributed by atoms with Crippen LogP contribution in [0.25, 0.3) is 0 Å². The van der Waals surface area contributed by atoms with Crippen molar-refractivity contribution in [1.82, 2.24) is 14.7 Å². The standard InChI is InChI=1S/C12H25N3O2/c1-13(2)12(17)15-9-7-14(8-10-15)6-4-3-5-11-16/h16H,3-11H2,1-2H3. The molecule has 1 heterocycles. The van der Waals surface area contributed by atoms with Crippen molar-refractivity contribution >= 4 is 6.03 Å². The third kappa shape index (κ3) is 4.91. The van der Waals surface area contributed by atoms with Crippen molar-refractivity contribution in [3.63, 3.8) is 0 Å². The Bertz CT molecular complexity index is 226. The summed E-state index contributed by atoms with van der Waals surface area (Å²) in [6.07, 6.45) is 3.13. The van der Waals surface area contributed by atoms with Crippen molar-refractivity contribution in [2.45, 2.75) is 19.3 Å². The second-order valence-electron chi connectivity index (χ2n) is 4.79. The predicted octanol–water partition coefficient (Wildman–Crippen LogP) is 0.448. The Morgan fingerprint density at radius 3 is 2.29 bits per heavy atom. The van der Waals surface area contributed by atoms with Crippen LogP contribution in [0.3, 0.4) is 0 Å². The number of hydrogen-bond donors (Lipinski definition) is 1. The van der Waals surface area contributed by atoms with Gasteiger partial charge in [0.15, 0.2) is 0 Å². The van der Waals surface area contributed by atoms with E-state index in [1.54, 1.807) is 19.0 Å². The third-order valence-corrected chi connectivity index (χ3v) is 3.16. The number of amides is 2. The summed E-state index contributed by atoms with van der Waals surface area (Å²) < 4.78 is 0. The molecule has 0 aliphatic carbocycles. The maximum atomic E-state index is 11.7. The largest absolute Gasteiger partial charge is 0.396 e. The number of urea groups is 1. The summed E-state index contributed by atoms with van der Waals surface area (Å²) in [6.45, 7) is 4.99. The first-order valence-electron chi connectivity index (χ1n) is 6.44. The first-order chi connectivity index (χ1) is 8.15. The van der Waals surface area contributed by atoms with E-state index in [9.17, 15) is 4.79 Å². The SMILES string of the molecule is CN(C)C(=O)N1CCN(CCCCCO)CC1. The van der Waals surface area contributed by atoms with Crippen LogP contribution in [0.5, 0.6) is 0 Å². The van der Waals surface area contributed by atoms with Crippen molar-refractivity contribution < 1.29 is 9.90 Å². The van der Waals surface area contributed by atoms with Gasteiger partial charge >= 0.3 is 6.03 Å². The Kier molecular flexibility index (Phi) is 6.29. The lowest BCUT2D eigenvalue weighted by Gasteiger charge is -2.35. The van der Waals surface area contributed by atoms with Gasteiger partial charge in [-0.3, -0.25) is 4.90 Å². The first kappa shape index (κ1) is 14.3. The molecule has 17 heavy (non-hydrogen) atoms. The number of rotatable bonds is 5. The van der Waals surface area contributed by atoms with E-state index in [0.29, 0.717) is 6.61 Å². The molecule has 0 atom stereocenters. The number of unbranched alkanes of at least 4 members (excludes halogenated alkanes) is 2. The van der Waals surface area contributed by atoms with E-state index in [-0.39, 0.29) is 6.03 Å². The highest BCUT2D eigenvalue weighted by Crippen LogP contribution is 2.06. The Labute approximate surface area is 104 Å². The Morgan fingerprint density at radius 1 is 1.12 bits per heavy atom. The smallest absolute Gasteiger partial charge is 0.319 e. The predicted molar refractivity (Wildman–Crippen MR) is 68.0 cm³/mol. The number of carbonyl (C=O) groups excluding carboxylic acids is 1. The van der Waals surface area contributed by atoms with Crippen LogP contribution in [0.15, 0.2) is 0 Å². The van der Waals surface area contributed by atoms with E-state index in [0.717, 1.165) is 52.0 Å². The summed E-state index contributed by atoms with van der Waals surface area (Å²) in [5.74, 6) is 0. The second kappa shape index (κ2) is 7.50. The molecule has 2 amide bonds. The van der Waals surface area contributed by atoms with E-state index >= 15 is 0 Å². The quantitative estimate of drug-likeness (QED) is 0.713. The van der Waals surface area contributed by atoms with Gasteiger partial charge in [-0.2, -0.15) is 0 Å². The van der Waals surface area contributed by atoms with Crippen molar-refractivity contribution in [2.24, 2.45) is 0 Å². The van der Waals surface area contributed by atoms with Crippen molar-refractivity contribution in [1.29, 1.82) is 0 Å². The van der Waals surface area contributed by atoms with Crippen molar-refractivity contribution in [2.75, 3.05) is 53.4 Å². The summed E-state index contributed by atoms with van der Waals surface area (Å²) in [6, 6.07) is 0.116. The van der Waals surface area contributed by atoms with Crippen LogP contribution in [0, 0.1) is 0 Å². The molecule has 1 fully saturated rings. The molecular formula is C12H25N3O2. The fourth-order valence-electron chi connectivity index (χ4n) is 2.07. The van der Waals surface area contributed by atoms with E-state index in [1.807, 2.05) is 4.90 Å². The molecular weight excluding hydrogens is 218 g/mol. The minimum absolute atomic E-state index is 0.116. The molecule has 0 radical (unpaired) electrons. The number of carbonyl (C=O) groups is 1. The average Bonchev–Trinajstić information content (AvgIpc) is 2.34. The lowest BCUT2D eigenvalue weighted by Crippen LogP contribution is -2.51. The number of nitrogens with zero attached hydrogens (tertiary/aromatic N) is 3. The highest BCUT2D eigenvalue weighted by atomic mass is 16.2. The maximum absolute atomic E-state index is 11.7. The van der Waals surface area contributed by atoms with Crippen LogP contribution in [0.1, 0.15) is 19.3 Å². The number of hydrogen-bond acceptors (Lipinski definition) is 3. The second-order valence-corrected chi connectivity index (χ2v) is 4.79. The summed E-state index contributed by atoms with van der Waals surface area (Å²) >= 11 is 0. The fraction of sp³-hybridized carbons (Fsp3) is 0.917. The van der Waals surface area contributed by atoms with Gasteiger partial charge in [0.05, 0.1) is 0 Å². The molecule has 1 aliphatic heterocycles. The van der Waals surface area contributed by atoms with E-state index < -0.39 is 0 Å². The van der Waals surface area contributed by atoms with Gasteiger partial charge in [-0.05, 0) is 25.8 Å². The molecule has 5 heteroatoms. The first-order valence-corrected chi connectivity index (χ1v) is 6.44. The molecule has 1 rings (SSSR count). The topological polar surface area (TPSA) is 47.0 Å². The minimum atomic E-state index is 0.116. The van der Waals surface area contributed by atoms with E-state index in [4.69, 9.17) is 5.11 Å². The average molecular weight is 243 g/mol. The van der Waals surface area contributed by atoms with Gasteiger partial charge in [-0.25, -0.2) is 4.79 Å². The molecule has 0 spiro atoms. The van der Waals surface area contributed by atoms with Crippen LogP contribution in [0.4, 0.5) is 4.79 Å². The zero-order valence-electron chi connectivity index (χ0n) is 11.1. The monoisotopic (exact) mass is 243 g/mol. The Balaban J connectivity index is 2.15. The van der Waals surface area contributed by atoms with Gasteiger partial charge in [0.1, 0.15) is 0 Å². The van der Waals surface area contributed by atoms with Crippen LogP contribution in [0.2, 0.25) is 0 Å². The maximum Gasteiger partial charge on any atom is 0.319 e. The molecule has 0 aromatic rings. The number of aliphatic hydroxyl groups is 1. The molecule has 1 aliphatic rings. The van der Waals surface area contributed by atoms with E-state index in [1.165, 1.54) is 0 Å². The zero-order chi connectivity index (χ0) is 12.7. The van der Waals surface area contributed by atoms with Crippen LogP contribution < -0.4 is 0 Å². The highest BCUT2D eigenvalue weighted by molar-refractivity contribution is 5.73. The Hall–Kier alpha value is -0.810. The summed E-state index contributed by atoms with van der Waals surface area (Å²) in [4.78, 5) is 17.7. The molecule has 0 saturated carbocycles. The summed E-state index contributed by atoms with van der Waals surface area (Å²) in [7, 11) is 3.59. The fourth-order valence-corrected chi connectivity index (χ4v) is 2.07. The highest BCUT2D eigenvalue weighted by Gasteiger charge is 2.21. The molecule has 0 bridgehead atoms. The van der Waals surface area contributed by atoms with E-state index in [2.05, 4.69) is 4.90 Å². The molecule has 1 N–H and O–H groups in total. The Morgan fingerprint density at radius 2 is 1.76 bits per heavy atom. The number of aliphatic hydroxyl groups excluding tert-OH is 1. The van der Waals surface area contributed by atoms with Gasteiger partial charge in [0.2, 0.25) is 0 Å². The van der Waals surface area contributed by atoms with Gasteiger partial charge < -0.3 is 14.9 Å². The third-order valence-electron chi connectivity index (χ3n) is 3.16. The summed E-state index contributed by atoms with van der Waals surface area (Å²) in [5, 5.41) is 8.69. The normalized spacial score (nSPS) is 17.2. The van der Waals surface area contributed by atoms with Gasteiger partial charge in [0, 0.05) is 46.9 Å². The van der Waals surface area contributed by atoms with Crippen LogP contribution in [-0.4, -0.2) is 79.3 Å². The minimum Gasteiger partial charge on any atom is -0.396 e. The van der Waals surface area contributed by atoms with Gasteiger partial charge in [-0.15, -0.1) is 0 Å². The zero-order valence-corrected chi connectivity index (χ0v) is 11.1. The molecule has 0 unspecified atom stereocenters. The van der Waals surface area contributed by atoms with Crippen molar-refractivity contribution in [3.8, 4) is 0 Å². The van der Waals surface area contributed by atoms with Crippen LogP contribution in [-0.2, 0) is 0 Å². The lowest BCUT2D eigenvalue weighted by molar-refractivity contribution is 0.122. The molecule has 100 valence electrons. The molecule has 1 saturated heterocycles. The van der Waals surface area contributed by atoms with Crippen LogP contribution >= 0.6 is 0 Å². The van der Waals surface area contributed by atoms with Crippen molar-refractivity contribution in [3.05, 3.63) is 0 Å². The lowest BCUT2D eigenvalue weighted by atomic mass is 10.2. The molecule has 0 aromatic heterocycles. The number of piperazine rings is 1. The molecule has 5 nitrogen and oxygen atoms in total. The van der Waals surface area contributed by atoms with Gasteiger partial charge in [-0.1, -0.05) is 0 Å².